The maximum Gasteiger partial charge on any atom is 0.309 e. The van der Waals surface area contributed by atoms with E-state index in [1.807, 2.05) is 0 Å². The van der Waals surface area contributed by atoms with Crippen LogP contribution in [0, 0.1) is 5.92 Å². The van der Waals surface area contributed by atoms with Crippen molar-refractivity contribution < 1.29 is 76.0 Å². The summed E-state index contributed by atoms with van der Waals surface area (Å²) in [6.07, 6.45) is 41.4. The Morgan fingerprint density at radius 1 is 0.228 bits per heavy atom. The quantitative estimate of drug-likeness (QED) is 0.0174. The first-order valence-corrected chi connectivity index (χ1v) is 59.4. The minimum atomic E-state index is -0.0643. The smallest absolute Gasteiger partial charge is 0.309 e. The third-order valence-corrected chi connectivity index (χ3v) is 30.6. The predicted molar refractivity (Wildman–Crippen MR) is 610 cm³/mol. The van der Waals surface area contributed by atoms with Crippen molar-refractivity contribution >= 4 is 23.9 Å². The van der Waals surface area contributed by atoms with E-state index < -0.39 is 0 Å². The second kappa shape index (κ2) is 57.0. The zero-order chi connectivity index (χ0) is 110. The Morgan fingerprint density at radius 2 is 0.409 bits per heavy atom. The van der Waals surface area contributed by atoms with Gasteiger partial charge in [0.15, 0.2) is 0 Å². The molecule has 8 saturated heterocycles. The summed E-state index contributed by atoms with van der Waals surface area (Å²) in [5.41, 5.74) is 2.90. The van der Waals surface area contributed by atoms with E-state index in [9.17, 15) is 19.2 Å². The molecular formula is C125H224N8O16. The molecule has 8 fully saturated rings. The summed E-state index contributed by atoms with van der Waals surface area (Å²) in [7, 11) is 0. The van der Waals surface area contributed by atoms with Gasteiger partial charge < -0.3 is 99.4 Å². The first kappa shape index (κ1) is 129. The third kappa shape index (κ3) is 52.8. The maximum atomic E-state index is 12.9. The molecule has 0 saturated carbocycles. The Balaban J connectivity index is 0.000000318. The SMILES string of the molecule is CC1(C)CC(OC(=O)CCCCCCCCC(=O)OC2CC(C)(C)NC(C)(C)C2)CC(C)(C)N1.CC1(C)CC(OCCCOc2cc(CCCCCCCc3cc(OCCCOC4CC(C)(C)NC(C)(C)C4)cc(OCCCOC4CC(C)(C)NC(C)(C)C4)c3)cc(OCCCOC3CC(C)(C)NC(C)(C)C3)c2)CC(C)(C)N1.CCC(CCCCCCCC(=O)OC1CC(C)(C)NC(C)(C)C1)C(=O)OC1CC(C)(C)NC(C)(C)C1. The van der Waals surface area contributed by atoms with Crippen molar-refractivity contribution in [3.63, 3.8) is 0 Å². The van der Waals surface area contributed by atoms with Gasteiger partial charge in [-0.1, -0.05) is 77.6 Å². The number of ether oxygens (including phenoxy) is 12. The molecule has 1 unspecified atom stereocenters. The lowest BCUT2D eigenvalue weighted by atomic mass is 9.81. The molecule has 8 aliphatic heterocycles. The molecule has 8 heterocycles. The van der Waals surface area contributed by atoms with E-state index in [0.717, 1.165) is 261 Å². The molecular weight excluding hydrogens is 1870 g/mol. The molecule has 0 spiro atoms. The third-order valence-electron chi connectivity index (χ3n) is 30.6. The zero-order valence-electron chi connectivity index (χ0n) is 101. The average molecular weight is 2100 g/mol. The molecule has 8 N–H and O–H groups in total. The van der Waals surface area contributed by atoms with Crippen molar-refractivity contribution in [3.8, 4) is 23.0 Å². The molecule has 0 radical (unpaired) electrons. The minimum absolute atomic E-state index is 0.000484. The number of benzene rings is 2. The number of carbonyl (C=O) groups is 4. The van der Waals surface area contributed by atoms with E-state index in [0.29, 0.717) is 72.1 Å². The van der Waals surface area contributed by atoms with Crippen LogP contribution in [0.25, 0.3) is 0 Å². The van der Waals surface area contributed by atoms with Crippen LogP contribution in [0.3, 0.4) is 0 Å². The van der Waals surface area contributed by atoms with Gasteiger partial charge in [-0.2, -0.15) is 0 Å². The van der Waals surface area contributed by atoms with Gasteiger partial charge in [-0.25, -0.2) is 0 Å². The number of unbranched alkanes of at least 4 members (excludes halogenated alkanes) is 13. The number of nitrogens with one attached hydrogen (secondary N) is 8. The van der Waals surface area contributed by atoms with Crippen LogP contribution in [0.1, 0.15) is 503 Å². The molecule has 0 aliphatic carbocycles. The molecule has 2 aromatic carbocycles. The Kier molecular flexibility index (Phi) is 49.4. The number of piperidine rings is 8. The molecule has 10 rings (SSSR count). The molecule has 149 heavy (non-hydrogen) atoms. The van der Waals surface area contributed by atoms with Crippen LogP contribution >= 0.6 is 0 Å². The fourth-order valence-electron chi connectivity index (χ4n) is 27.6. The average Bonchev–Trinajstić information content (AvgIpc) is 0.815. The minimum Gasteiger partial charge on any atom is -0.493 e. The van der Waals surface area contributed by atoms with Gasteiger partial charge >= 0.3 is 23.9 Å². The van der Waals surface area contributed by atoms with E-state index in [4.69, 9.17) is 56.8 Å². The highest BCUT2D eigenvalue weighted by atomic mass is 16.6. The van der Waals surface area contributed by atoms with Gasteiger partial charge in [-0.15, -0.1) is 0 Å². The predicted octanol–water partition coefficient (Wildman–Crippen LogP) is 26.1. The normalized spacial score (nSPS) is 23.3. The molecule has 24 heteroatoms. The lowest BCUT2D eigenvalue weighted by Gasteiger charge is -2.46. The van der Waals surface area contributed by atoms with Crippen molar-refractivity contribution in [1.82, 2.24) is 42.5 Å². The number of hydrogen-bond acceptors (Lipinski definition) is 24. The van der Waals surface area contributed by atoms with Gasteiger partial charge in [0, 0.05) is 197 Å². The summed E-state index contributed by atoms with van der Waals surface area (Å²) in [5, 5.41) is 29.6. The van der Waals surface area contributed by atoms with Crippen molar-refractivity contribution in [2.24, 2.45) is 5.92 Å². The van der Waals surface area contributed by atoms with Gasteiger partial charge in [0.05, 0.1) is 83.2 Å². The molecule has 0 aromatic heterocycles. The van der Waals surface area contributed by atoms with E-state index in [1.54, 1.807) is 0 Å². The van der Waals surface area contributed by atoms with E-state index in [-0.39, 0.29) is 167 Å². The van der Waals surface area contributed by atoms with Gasteiger partial charge in [-0.05, 0) is 366 Å². The maximum absolute atomic E-state index is 12.9. The largest absolute Gasteiger partial charge is 0.493 e. The van der Waals surface area contributed by atoms with Crippen LogP contribution in [0.5, 0.6) is 23.0 Å². The van der Waals surface area contributed by atoms with Gasteiger partial charge in [0.25, 0.3) is 0 Å². The lowest BCUT2D eigenvalue weighted by Crippen LogP contribution is -2.59. The summed E-state index contributed by atoms with van der Waals surface area (Å²) in [4.78, 5) is 49.8. The number of esters is 4. The molecule has 1 atom stereocenters. The highest BCUT2D eigenvalue weighted by Gasteiger charge is 2.47. The van der Waals surface area contributed by atoms with Crippen LogP contribution < -0.4 is 61.5 Å². The van der Waals surface area contributed by atoms with E-state index >= 15 is 0 Å². The Hall–Kier alpha value is -4.96. The molecule has 2 aromatic rings. The van der Waals surface area contributed by atoms with Crippen molar-refractivity contribution in [1.29, 1.82) is 0 Å². The summed E-state index contributed by atoms with van der Waals surface area (Å²) < 4.78 is 74.8. The zero-order valence-corrected chi connectivity index (χ0v) is 101. The van der Waals surface area contributed by atoms with E-state index in [1.165, 1.54) is 30.4 Å². The molecule has 0 amide bonds. The lowest BCUT2D eigenvalue weighted by molar-refractivity contribution is -0.159. The Morgan fingerprint density at radius 3 is 0.617 bits per heavy atom. The number of aryl methyl sites for hydroxylation is 2. The molecule has 8 aliphatic rings. The van der Waals surface area contributed by atoms with Crippen LogP contribution in [0.15, 0.2) is 36.4 Å². The number of hydrogen-bond donors (Lipinski definition) is 8. The molecule has 860 valence electrons. The first-order valence-electron chi connectivity index (χ1n) is 59.4. The van der Waals surface area contributed by atoms with Crippen LogP contribution in [0.2, 0.25) is 0 Å². The number of rotatable bonds is 55. The monoisotopic (exact) mass is 2090 g/mol. The second-order valence-electron chi connectivity index (χ2n) is 57.5. The second-order valence-corrected chi connectivity index (χ2v) is 57.5. The summed E-state index contributed by atoms with van der Waals surface area (Å²) in [6, 6.07) is 13.0. The standard InChI is InChI=1S/C67H116N4O8.C30H56N2O4.C28H52N2O4/c1-60(2)42-56(43-61(3,4)68-60)76-32-22-28-72-52-36-50(37-53(40-52)73-29-23-33-77-57-44-62(5,6)69-63(7,8)45-57)26-20-18-17-19-21-27-51-38-54(74-30-24-34-78-58-46-64(9,10)70-65(11,12)47-58)41-55(39-51)75-31-25-35-79-59-48-66(13,14)71-67(15,16)49-59;1-10-22(26(34)36-24-20-29(6,7)32-30(8,9)21-24)16-14-12-11-13-15-17-25(33)35-23-18-27(2,3)31-28(4,5)19-23;1-25(2)17-21(18-26(3,4)29-25)33-23(31)15-13-11-9-10-12-14-16-24(32)34-22-19-27(5,6)30-28(7,8)20-22/h36-41,56-59,68-71H,17-35,42-49H2,1-16H3;22-24,31-32H,10-21H2,1-9H3;21-22,29-30H,9-20H2,1-8H3. The van der Waals surface area contributed by atoms with Crippen LogP contribution in [0.4, 0.5) is 0 Å². The van der Waals surface area contributed by atoms with Crippen molar-refractivity contribution in [2.45, 2.75) is 642 Å². The number of carbonyl (C=O) groups excluding carboxylic acids is 4. The fraction of sp³-hybridized carbons (Fsp3) is 0.872. The highest BCUT2D eigenvalue weighted by molar-refractivity contribution is 5.73. The Bertz CT molecular complexity index is 3850. The van der Waals surface area contributed by atoms with E-state index in [2.05, 4.69) is 307 Å². The Labute approximate surface area is 908 Å². The van der Waals surface area contributed by atoms with Gasteiger partial charge in [0.2, 0.25) is 0 Å². The fourth-order valence-corrected chi connectivity index (χ4v) is 27.6. The first-order chi connectivity index (χ1) is 69.0. The summed E-state index contributed by atoms with van der Waals surface area (Å²) in [6.45, 7) is 78.5. The summed E-state index contributed by atoms with van der Waals surface area (Å²) in [5.74, 6) is 3.27. The topological polar surface area (TPSA) is 275 Å². The van der Waals surface area contributed by atoms with Crippen molar-refractivity contribution in [2.75, 3.05) is 52.9 Å². The van der Waals surface area contributed by atoms with Gasteiger partial charge in [-0.3, -0.25) is 19.2 Å². The molecule has 0 bridgehead atoms. The van der Waals surface area contributed by atoms with Gasteiger partial charge in [0.1, 0.15) is 47.4 Å². The highest BCUT2D eigenvalue weighted by Crippen LogP contribution is 2.41. The van der Waals surface area contributed by atoms with Crippen LogP contribution in [-0.4, -0.2) is 214 Å². The molecule has 24 nitrogen and oxygen atoms in total. The summed E-state index contributed by atoms with van der Waals surface area (Å²) >= 11 is 0. The van der Waals surface area contributed by atoms with Crippen molar-refractivity contribution in [3.05, 3.63) is 47.5 Å². The van der Waals surface area contributed by atoms with Crippen LogP contribution in [-0.2, 0) is 69.9 Å².